The normalized spacial score (nSPS) is 13.2. The molecule has 0 spiro atoms. The van der Waals surface area contributed by atoms with Gasteiger partial charge in [0.05, 0.1) is 85.0 Å². The molecular formula is C39H36N11Na5O22S7. The molecule has 426 valence electrons. The molecule has 0 radical (unpaired) electrons. The molecule has 0 fully saturated rings. The number of sulfone groups is 2. The van der Waals surface area contributed by atoms with E-state index in [1.165, 1.54) is 0 Å². The molecule has 0 aliphatic carbocycles. The summed E-state index contributed by atoms with van der Waals surface area (Å²) in [4.78, 5) is 16.7. The summed E-state index contributed by atoms with van der Waals surface area (Å²) in [5, 5.41) is 27.1. The number of hydrogen-bond donors (Lipinski definition) is 5. The molecule has 6 rings (SSSR count). The van der Waals surface area contributed by atoms with Gasteiger partial charge in [-0.15, -0.1) is 15.3 Å². The Morgan fingerprint density at radius 3 is 1.64 bits per heavy atom. The van der Waals surface area contributed by atoms with E-state index in [0.717, 1.165) is 42.0 Å². The van der Waals surface area contributed by atoms with Crippen LogP contribution >= 0.6 is 0 Å². The van der Waals surface area contributed by atoms with E-state index in [1.807, 2.05) is 6.92 Å². The first kappa shape index (κ1) is 80.0. The van der Waals surface area contributed by atoms with E-state index in [0.29, 0.717) is 30.3 Å². The maximum atomic E-state index is 14.2. The maximum Gasteiger partial charge on any atom is 1.00 e. The first-order valence-electron chi connectivity index (χ1n) is 21.3. The van der Waals surface area contributed by atoms with Gasteiger partial charge in [-0.25, -0.2) is 64.7 Å². The molecule has 84 heavy (non-hydrogen) atoms. The molecule has 1 aromatic heterocycles. The van der Waals surface area contributed by atoms with Gasteiger partial charge in [0.15, 0.2) is 19.7 Å². The average Bonchev–Trinajstić information content (AvgIpc) is 3.38. The third-order valence-corrected chi connectivity index (χ3v) is 17.0. The fourth-order valence-corrected chi connectivity index (χ4v) is 11.4. The molecule has 0 aliphatic heterocycles. The van der Waals surface area contributed by atoms with Gasteiger partial charge in [-0.05, 0) is 78.0 Å². The van der Waals surface area contributed by atoms with Crippen molar-refractivity contribution in [2.24, 2.45) is 35.4 Å². The number of rotatable bonds is 22. The van der Waals surface area contributed by atoms with Crippen LogP contribution in [-0.4, -0.2) is 134 Å². The molecule has 0 saturated carbocycles. The molecular weight excluding hydrogens is 1310 g/mol. The number of aromatic nitrogens is 3. The summed E-state index contributed by atoms with van der Waals surface area (Å²) >= 11 is 0. The first-order chi connectivity index (χ1) is 36.5. The summed E-state index contributed by atoms with van der Waals surface area (Å²) in [6.07, 6.45) is 0.514. The van der Waals surface area contributed by atoms with Gasteiger partial charge in [0, 0.05) is 5.39 Å². The molecule has 5 aromatic carbocycles. The van der Waals surface area contributed by atoms with Crippen LogP contribution in [-0.2, 0) is 85.6 Å². The summed E-state index contributed by atoms with van der Waals surface area (Å²) in [6, 6.07) is 13.9. The smallest absolute Gasteiger partial charge is 0.870 e. The molecule has 0 amide bonds. The number of nitrogen functional groups attached to an aromatic ring is 1. The summed E-state index contributed by atoms with van der Waals surface area (Å²) in [6.45, 7) is -0.575. The van der Waals surface area contributed by atoms with E-state index >= 15 is 0 Å². The Bertz CT molecular complexity index is 4540. The van der Waals surface area contributed by atoms with Gasteiger partial charge in [0.1, 0.15) is 41.7 Å². The van der Waals surface area contributed by atoms with Crippen LogP contribution < -0.4 is 175 Å². The minimum absolute atomic E-state index is 0. The standard InChI is InChI=1S/C39H41N11O22S7.5Na/c1-2-22-5-3-4-6-27(22)43-39-45-37(41-13-16-73(52,53)17-14-71-78(65,66)67)44-38(46-39)42-25-9-12-29(75(56,57)58)28(21-25)48-50-35-31(77(62,63)64)20-23-19-30(76(59,60)61)34(33(40)32(23)36(35)51)49-47-24-7-10-26(11-8-24)74(54,55)18-15-72-79(68,69)70;;;;;/h3-12,19-21,51H,2,13-18,40H2,1H3,(H,56,57,58)(H,59,60,61)(H,62,63,64)(H,65,66,67)(H,68,69,70)(H3,41,42,43,44,45,46);;;;;/q;5*+1/p-5. The van der Waals surface area contributed by atoms with Gasteiger partial charge in [0.25, 0.3) is 0 Å². The number of hydrogen-bond acceptors (Lipinski definition) is 29. The Labute approximate surface area is 589 Å². The van der Waals surface area contributed by atoms with Crippen molar-refractivity contribution in [2.45, 2.75) is 32.9 Å². The molecule has 0 saturated heterocycles. The second-order valence-corrected chi connectivity index (χ2v) is 26.3. The molecule has 0 aliphatic rings. The van der Waals surface area contributed by atoms with Gasteiger partial charge in [-0.1, -0.05) is 30.9 Å². The van der Waals surface area contributed by atoms with Gasteiger partial charge >= 0.3 is 158 Å². The number of benzene rings is 5. The molecule has 6 N–H and O–H groups in total. The van der Waals surface area contributed by atoms with E-state index in [4.69, 9.17) is 10.3 Å². The quantitative estimate of drug-likeness (QED) is 0.0138. The second-order valence-electron chi connectivity index (χ2n) is 15.7. The van der Waals surface area contributed by atoms with Crippen molar-refractivity contribution < 1.29 is 243 Å². The zero-order chi connectivity index (χ0) is 58.5. The monoisotopic (exact) mass is 1350 g/mol. The van der Waals surface area contributed by atoms with Gasteiger partial charge in [0.2, 0.25) is 27.3 Å². The van der Waals surface area contributed by atoms with Crippen molar-refractivity contribution >= 4 is 121 Å². The zero-order valence-corrected chi connectivity index (χ0v) is 60.3. The Kier molecular flexibility index (Phi) is 31.0. The largest absolute Gasteiger partial charge is 1.00 e. The van der Waals surface area contributed by atoms with Crippen molar-refractivity contribution in [3.05, 3.63) is 101 Å². The minimum Gasteiger partial charge on any atom is -0.870 e. The SMILES string of the molecule is CCc1ccccc1N=c1[nH]c(=NCCS(=O)(=O)CCOS(=O)(=O)[O-])[nH]c(=Nc2ccc(S(=O)(=O)[O-])c(N=Nc3c(S(=O)(=O)[O-])cc4cc(S(=O)(=O)[O-])c(N=Nc5ccc(S(=O)(=O)CCOS(=O)(=O)O)cc5)c(N)c4c3[O-])c2)[nH]1.[Na+].[Na+].[Na+].[Na+].[Na+]. The van der Waals surface area contributed by atoms with Crippen LogP contribution in [0, 0.1) is 0 Å². The average molecular weight is 1350 g/mol. The fraction of sp³-hybridized carbons (Fsp3) is 0.205. The van der Waals surface area contributed by atoms with E-state index in [1.54, 1.807) is 24.3 Å². The van der Waals surface area contributed by atoms with Crippen LogP contribution in [0.3, 0.4) is 0 Å². The van der Waals surface area contributed by atoms with Crippen molar-refractivity contribution in [3.8, 4) is 5.75 Å². The number of aryl methyl sites for hydroxylation is 1. The molecule has 0 unspecified atom stereocenters. The van der Waals surface area contributed by atoms with Crippen LogP contribution in [0.4, 0.5) is 39.8 Å². The van der Waals surface area contributed by atoms with Crippen molar-refractivity contribution in [2.75, 3.05) is 42.8 Å². The van der Waals surface area contributed by atoms with Gasteiger partial charge in [-0.2, -0.15) is 13.5 Å². The minimum atomic E-state index is -5.84. The number of para-hydroxylation sites is 1. The van der Waals surface area contributed by atoms with Crippen molar-refractivity contribution in [1.29, 1.82) is 0 Å². The van der Waals surface area contributed by atoms with Crippen LogP contribution in [0.15, 0.2) is 134 Å². The Hall–Kier alpha value is -2.06. The van der Waals surface area contributed by atoms with E-state index in [2.05, 4.69) is 58.8 Å². The van der Waals surface area contributed by atoms with Crippen LogP contribution in [0.2, 0.25) is 0 Å². The van der Waals surface area contributed by atoms with Crippen molar-refractivity contribution in [3.63, 3.8) is 0 Å². The molecule has 45 heteroatoms. The topological polar surface area (TPSA) is 553 Å². The number of H-pyrrole nitrogens is 3. The van der Waals surface area contributed by atoms with Crippen LogP contribution in [0.5, 0.6) is 5.75 Å². The van der Waals surface area contributed by atoms with Crippen LogP contribution in [0.25, 0.3) is 10.8 Å². The Morgan fingerprint density at radius 1 is 0.560 bits per heavy atom. The maximum absolute atomic E-state index is 14.2. The number of nitrogens with one attached hydrogen (secondary N) is 3. The Balaban J connectivity index is 0.00000706. The number of fused-ring (bicyclic) bond motifs is 1. The number of azo groups is 2. The molecule has 0 atom stereocenters. The number of nitrogens with zero attached hydrogens (tertiary/aromatic N) is 7. The predicted molar refractivity (Wildman–Crippen MR) is 263 cm³/mol. The van der Waals surface area contributed by atoms with E-state index in [9.17, 15) is 82.2 Å². The van der Waals surface area contributed by atoms with Crippen LogP contribution in [0.1, 0.15) is 12.5 Å². The van der Waals surface area contributed by atoms with Gasteiger partial charge in [-0.3, -0.25) is 28.7 Å². The van der Waals surface area contributed by atoms with E-state index in [-0.39, 0.29) is 176 Å². The molecule has 6 aromatic rings. The first-order valence-corrected chi connectivity index (χ1v) is 31.7. The number of nitrogens with two attached hydrogens (primary N) is 1. The fourth-order valence-electron chi connectivity index (χ4n) is 6.69. The van der Waals surface area contributed by atoms with Gasteiger partial charge < -0.3 is 29.1 Å². The zero-order valence-electron chi connectivity index (χ0n) is 44.5. The summed E-state index contributed by atoms with van der Waals surface area (Å²) < 4.78 is 234. The number of anilines is 1. The summed E-state index contributed by atoms with van der Waals surface area (Å²) in [5.41, 5.74) is 1.84. The Morgan fingerprint density at radius 2 is 1.08 bits per heavy atom. The third-order valence-electron chi connectivity index (χ3n) is 10.2. The van der Waals surface area contributed by atoms with E-state index < -0.39 is 167 Å². The number of aromatic amines is 3. The second kappa shape index (κ2) is 32.6. The summed E-state index contributed by atoms with van der Waals surface area (Å²) in [7, 11) is -35.5. The summed E-state index contributed by atoms with van der Waals surface area (Å²) in [5.74, 6) is -4.10. The third kappa shape index (κ3) is 23.1. The predicted octanol–water partition coefficient (Wildman–Crippen LogP) is -14.5. The molecule has 33 nitrogen and oxygen atoms in total. The van der Waals surface area contributed by atoms with Crippen molar-refractivity contribution in [1.82, 2.24) is 15.0 Å². The molecule has 0 bridgehead atoms. The molecule has 1 heterocycles.